The van der Waals surface area contributed by atoms with Gasteiger partial charge in [0.1, 0.15) is 5.75 Å². The molecular weight excluding hydrogens is 284 g/mol. The third-order valence-electron chi connectivity index (χ3n) is 2.94. The molecule has 0 amide bonds. The van der Waals surface area contributed by atoms with Gasteiger partial charge in [-0.15, -0.1) is 0 Å². The summed E-state index contributed by atoms with van der Waals surface area (Å²) in [6.07, 6.45) is 2.49. The Hall–Kier alpha value is -1.03. The summed E-state index contributed by atoms with van der Waals surface area (Å²) >= 11 is 3.36. The van der Waals surface area contributed by atoms with Crippen LogP contribution in [0.25, 0.3) is 0 Å². The number of benzene rings is 1. The molecule has 1 aromatic rings. The van der Waals surface area contributed by atoms with Crippen LogP contribution in [0.2, 0.25) is 0 Å². The summed E-state index contributed by atoms with van der Waals surface area (Å²) in [5, 5.41) is 0. The van der Waals surface area contributed by atoms with Gasteiger partial charge in [-0.3, -0.25) is 0 Å². The maximum atomic E-state index is 11.9. The molecule has 1 fully saturated rings. The maximum Gasteiger partial charge on any atom is 0.350 e. The van der Waals surface area contributed by atoms with E-state index in [2.05, 4.69) is 15.9 Å². The first-order valence-corrected chi connectivity index (χ1v) is 6.57. The minimum atomic E-state index is -0.746. The fraction of sp³-hybridized carbons (Fsp3) is 0.462. The number of hydrogen-bond acceptors (Lipinski definition) is 3. The van der Waals surface area contributed by atoms with E-state index >= 15 is 0 Å². The summed E-state index contributed by atoms with van der Waals surface area (Å²) in [5.41, 5.74) is -0.746. The van der Waals surface area contributed by atoms with E-state index in [1.807, 2.05) is 31.2 Å². The first kappa shape index (κ1) is 12.4. The van der Waals surface area contributed by atoms with Crippen LogP contribution in [0.3, 0.4) is 0 Å². The summed E-state index contributed by atoms with van der Waals surface area (Å²) in [6.45, 7) is 2.20. The summed E-state index contributed by atoms with van der Waals surface area (Å²) < 4.78 is 11.9. The molecule has 4 heteroatoms. The standard InChI is InChI=1S/C13H15BrO3/c1-2-16-12(15)13(8-3-9-13)17-11-6-4-10(14)5-7-11/h4-7H,2-3,8-9H2,1H3. The van der Waals surface area contributed by atoms with Gasteiger partial charge in [0.15, 0.2) is 0 Å². The average molecular weight is 299 g/mol. The second-order valence-electron chi connectivity index (χ2n) is 4.12. The molecule has 17 heavy (non-hydrogen) atoms. The molecule has 1 aliphatic carbocycles. The van der Waals surface area contributed by atoms with Crippen LogP contribution < -0.4 is 4.74 Å². The molecule has 0 bridgehead atoms. The smallest absolute Gasteiger partial charge is 0.350 e. The second-order valence-corrected chi connectivity index (χ2v) is 5.04. The Balaban J connectivity index is 2.09. The number of carbonyl (C=O) groups excluding carboxylic acids is 1. The van der Waals surface area contributed by atoms with E-state index in [0.29, 0.717) is 12.4 Å². The highest BCUT2D eigenvalue weighted by Crippen LogP contribution is 2.38. The van der Waals surface area contributed by atoms with Crippen molar-refractivity contribution >= 4 is 21.9 Å². The lowest BCUT2D eigenvalue weighted by Gasteiger charge is -2.39. The summed E-state index contributed by atoms with van der Waals surface area (Å²) in [6, 6.07) is 7.49. The average Bonchev–Trinajstić information content (AvgIpc) is 2.26. The summed E-state index contributed by atoms with van der Waals surface area (Å²) in [7, 11) is 0. The lowest BCUT2D eigenvalue weighted by molar-refractivity contribution is -0.169. The van der Waals surface area contributed by atoms with Crippen LogP contribution in [0.15, 0.2) is 28.7 Å². The molecule has 1 aliphatic rings. The summed E-state index contributed by atoms with van der Waals surface area (Å²) in [4.78, 5) is 11.9. The highest BCUT2D eigenvalue weighted by atomic mass is 79.9. The third-order valence-corrected chi connectivity index (χ3v) is 3.46. The van der Waals surface area contributed by atoms with Crippen molar-refractivity contribution in [2.75, 3.05) is 6.61 Å². The Bertz CT molecular complexity index is 396. The molecule has 3 nitrogen and oxygen atoms in total. The molecule has 0 saturated heterocycles. The number of ether oxygens (including phenoxy) is 2. The van der Waals surface area contributed by atoms with E-state index in [9.17, 15) is 4.79 Å². The Kier molecular flexibility index (Phi) is 3.72. The van der Waals surface area contributed by atoms with E-state index in [4.69, 9.17) is 9.47 Å². The van der Waals surface area contributed by atoms with Gasteiger partial charge in [-0.2, -0.15) is 0 Å². The molecule has 0 spiro atoms. The zero-order valence-corrected chi connectivity index (χ0v) is 11.3. The van der Waals surface area contributed by atoms with Crippen molar-refractivity contribution in [3.8, 4) is 5.75 Å². The number of rotatable bonds is 4. The number of carbonyl (C=O) groups is 1. The predicted octanol–water partition coefficient (Wildman–Crippen LogP) is 3.31. The number of esters is 1. The molecule has 0 unspecified atom stereocenters. The molecule has 1 saturated carbocycles. The van der Waals surface area contributed by atoms with Crippen LogP contribution in [0, 0.1) is 0 Å². The Morgan fingerprint density at radius 3 is 2.47 bits per heavy atom. The van der Waals surface area contributed by atoms with Gasteiger partial charge in [0.2, 0.25) is 5.60 Å². The van der Waals surface area contributed by atoms with Gasteiger partial charge < -0.3 is 9.47 Å². The normalized spacial score (nSPS) is 17.1. The zero-order valence-electron chi connectivity index (χ0n) is 9.74. The van der Waals surface area contributed by atoms with E-state index < -0.39 is 5.60 Å². The van der Waals surface area contributed by atoms with Crippen molar-refractivity contribution < 1.29 is 14.3 Å². The second kappa shape index (κ2) is 5.08. The highest BCUT2D eigenvalue weighted by Gasteiger charge is 2.48. The molecular formula is C13H15BrO3. The first-order valence-electron chi connectivity index (χ1n) is 5.78. The fourth-order valence-electron chi connectivity index (χ4n) is 1.84. The SMILES string of the molecule is CCOC(=O)C1(Oc2ccc(Br)cc2)CCC1. The molecule has 0 heterocycles. The third kappa shape index (κ3) is 2.63. The van der Waals surface area contributed by atoms with Crippen LogP contribution in [-0.2, 0) is 9.53 Å². The minimum absolute atomic E-state index is 0.242. The van der Waals surface area contributed by atoms with Gasteiger partial charge in [-0.25, -0.2) is 4.79 Å². The highest BCUT2D eigenvalue weighted by molar-refractivity contribution is 9.10. The Morgan fingerprint density at radius 2 is 2.00 bits per heavy atom. The fourth-order valence-corrected chi connectivity index (χ4v) is 2.10. The van der Waals surface area contributed by atoms with E-state index in [1.165, 1.54) is 0 Å². The van der Waals surface area contributed by atoms with Gasteiger partial charge in [0.25, 0.3) is 0 Å². The predicted molar refractivity (Wildman–Crippen MR) is 68.0 cm³/mol. The molecule has 0 atom stereocenters. The van der Waals surface area contributed by atoms with Crippen LogP contribution in [-0.4, -0.2) is 18.2 Å². The van der Waals surface area contributed by atoms with Crippen LogP contribution in [0.4, 0.5) is 0 Å². The van der Waals surface area contributed by atoms with Crippen molar-refractivity contribution in [1.29, 1.82) is 0 Å². The molecule has 1 aromatic carbocycles. The van der Waals surface area contributed by atoms with Crippen molar-refractivity contribution in [3.63, 3.8) is 0 Å². The lowest BCUT2D eigenvalue weighted by atomic mass is 9.80. The van der Waals surface area contributed by atoms with Gasteiger partial charge in [0.05, 0.1) is 6.61 Å². The van der Waals surface area contributed by atoms with Gasteiger partial charge in [-0.1, -0.05) is 15.9 Å². The van der Waals surface area contributed by atoms with E-state index in [1.54, 1.807) is 0 Å². The van der Waals surface area contributed by atoms with Crippen LogP contribution in [0.1, 0.15) is 26.2 Å². The molecule has 0 aliphatic heterocycles. The largest absolute Gasteiger partial charge is 0.476 e. The van der Waals surface area contributed by atoms with Crippen LogP contribution >= 0.6 is 15.9 Å². The van der Waals surface area contributed by atoms with Crippen molar-refractivity contribution in [3.05, 3.63) is 28.7 Å². The zero-order chi connectivity index (χ0) is 12.3. The molecule has 0 radical (unpaired) electrons. The van der Waals surface area contributed by atoms with Crippen LogP contribution in [0.5, 0.6) is 5.75 Å². The maximum absolute atomic E-state index is 11.9. The number of halogens is 1. The van der Waals surface area contributed by atoms with Crippen molar-refractivity contribution in [2.45, 2.75) is 31.8 Å². The minimum Gasteiger partial charge on any atom is -0.476 e. The molecule has 0 N–H and O–H groups in total. The molecule has 2 rings (SSSR count). The molecule has 0 aromatic heterocycles. The van der Waals surface area contributed by atoms with Crippen molar-refractivity contribution in [2.24, 2.45) is 0 Å². The van der Waals surface area contributed by atoms with E-state index in [0.717, 1.165) is 23.7 Å². The number of hydrogen-bond donors (Lipinski definition) is 0. The lowest BCUT2D eigenvalue weighted by Crippen LogP contribution is -2.51. The van der Waals surface area contributed by atoms with Crippen molar-refractivity contribution in [1.82, 2.24) is 0 Å². The summed E-state index contributed by atoms with van der Waals surface area (Å²) in [5.74, 6) is 0.468. The topological polar surface area (TPSA) is 35.5 Å². The Labute approximate surface area is 109 Å². The molecule has 92 valence electrons. The Morgan fingerprint density at radius 1 is 1.35 bits per heavy atom. The first-order chi connectivity index (χ1) is 8.16. The van der Waals surface area contributed by atoms with Gasteiger partial charge in [-0.05, 0) is 50.5 Å². The van der Waals surface area contributed by atoms with Gasteiger partial charge >= 0.3 is 5.97 Å². The quantitative estimate of drug-likeness (QED) is 0.800. The van der Waals surface area contributed by atoms with Gasteiger partial charge in [0, 0.05) is 4.47 Å². The monoisotopic (exact) mass is 298 g/mol. The van der Waals surface area contributed by atoms with E-state index in [-0.39, 0.29) is 5.97 Å².